The minimum absolute atomic E-state index is 0.385. The fourth-order valence-electron chi connectivity index (χ4n) is 2.68. The molecule has 0 spiro atoms. The summed E-state index contributed by atoms with van der Waals surface area (Å²) in [6.07, 6.45) is 0. The average molecular weight is 347 g/mol. The Morgan fingerprint density at radius 3 is 2.72 bits per heavy atom. The number of fused-ring (bicyclic) bond motifs is 2. The molecule has 0 saturated carbocycles. The number of thiazole rings is 1. The minimum atomic E-state index is 0.385. The molecule has 0 aliphatic carbocycles. The average Bonchev–Trinajstić information content (AvgIpc) is 3.29. The van der Waals surface area contributed by atoms with Gasteiger partial charge in [0.15, 0.2) is 5.58 Å². The van der Waals surface area contributed by atoms with Crippen molar-refractivity contribution in [1.29, 1.82) is 0 Å². The van der Waals surface area contributed by atoms with Crippen molar-refractivity contribution >= 4 is 39.4 Å². The highest BCUT2D eigenvalue weighted by molar-refractivity contribution is 7.15. The van der Waals surface area contributed by atoms with Crippen LogP contribution >= 0.6 is 11.3 Å². The standard InChI is InChI=1S/C18H13N5OS/c1-11-6-8-12(9-7-11)14-10-25-18-21-16(22-23(14)18)20-17-19-13-4-2-3-5-15(13)24-17/h2-10H,1H3,(H,19,20,22). The van der Waals surface area contributed by atoms with Crippen LogP contribution in [0.1, 0.15) is 5.56 Å². The van der Waals surface area contributed by atoms with Crippen molar-refractivity contribution in [3.8, 4) is 11.3 Å². The second-order valence-electron chi connectivity index (χ2n) is 5.73. The van der Waals surface area contributed by atoms with Crippen LogP contribution in [0.15, 0.2) is 58.3 Å². The van der Waals surface area contributed by atoms with Crippen molar-refractivity contribution in [1.82, 2.24) is 19.6 Å². The van der Waals surface area contributed by atoms with Crippen LogP contribution in [0, 0.1) is 6.92 Å². The highest BCUT2D eigenvalue weighted by Crippen LogP contribution is 2.27. The smallest absolute Gasteiger partial charge is 0.302 e. The van der Waals surface area contributed by atoms with Crippen molar-refractivity contribution in [3.63, 3.8) is 0 Å². The Labute approximate surface area is 146 Å². The molecule has 0 aliphatic heterocycles. The number of hydrogen-bond donors (Lipinski definition) is 1. The number of aryl methyl sites for hydroxylation is 1. The van der Waals surface area contributed by atoms with E-state index in [9.17, 15) is 0 Å². The Morgan fingerprint density at radius 1 is 1.04 bits per heavy atom. The number of oxazole rings is 1. The lowest BCUT2D eigenvalue weighted by Gasteiger charge is -1.99. The van der Waals surface area contributed by atoms with Gasteiger partial charge in [-0.1, -0.05) is 42.0 Å². The minimum Gasteiger partial charge on any atom is -0.423 e. The van der Waals surface area contributed by atoms with Crippen LogP contribution in [0.5, 0.6) is 0 Å². The van der Waals surface area contributed by atoms with E-state index in [0.717, 1.165) is 27.3 Å². The van der Waals surface area contributed by atoms with E-state index in [1.54, 1.807) is 11.3 Å². The lowest BCUT2D eigenvalue weighted by atomic mass is 10.1. The molecule has 0 bridgehead atoms. The third-order valence-electron chi connectivity index (χ3n) is 3.94. The summed E-state index contributed by atoms with van der Waals surface area (Å²) in [4.78, 5) is 9.70. The number of nitrogens with zero attached hydrogens (tertiary/aromatic N) is 4. The predicted molar refractivity (Wildman–Crippen MR) is 98.3 cm³/mol. The molecule has 25 heavy (non-hydrogen) atoms. The summed E-state index contributed by atoms with van der Waals surface area (Å²) >= 11 is 1.55. The summed E-state index contributed by atoms with van der Waals surface area (Å²) in [6.45, 7) is 2.07. The number of rotatable bonds is 3. The molecular formula is C18H13N5OS. The zero-order valence-corrected chi connectivity index (χ0v) is 14.1. The van der Waals surface area contributed by atoms with Crippen LogP contribution in [0.25, 0.3) is 27.3 Å². The monoisotopic (exact) mass is 347 g/mol. The second kappa shape index (κ2) is 5.42. The van der Waals surface area contributed by atoms with Gasteiger partial charge in [-0.25, -0.2) is 4.52 Å². The summed E-state index contributed by atoms with van der Waals surface area (Å²) < 4.78 is 7.50. The van der Waals surface area contributed by atoms with Crippen molar-refractivity contribution in [3.05, 3.63) is 59.5 Å². The number of para-hydroxylation sites is 2. The largest absolute Gasteiger partial charge is 0.423 e. The number of aromatic nitrogens is 4. The first-order valence-electron chi connectivity index (χ1n) is 7.80. The van der Waals surface area contributed by atoms with E-state index in [0.29, 0.717) is 12.0 Å². The number of benzene rings is 2. The molecule has 0 amide bonds. The highest BCUT2D eigenvalue weighted by Gasteiger charge is 2.13. The third kappa shape index (κ3) is 2.45. The molecule has 7 heteroatoms. The molecule has 0 unspecified atom stereocenters. The van der Waals surface area contributed by atoms with Crippen molar-refractivity contribution in [2.24, 2.45) is 0 Å². The molecule has 0 saturated heterocycles. The zero-order chi connectivity index (χ0) is 16.8. The molecule has 3 heterocycles. The maximum Gasteiger partial charge on any atom is 0.302 e. The van der Waals surface area contributed by atoms with E-state index in [-0.39, 0.29) is 0 Å². The molecule has 0 aliphatic rings. The molecule has 122 valence electrons. The Morgan fingerprint density at radius 2 is 1.88 bits per heavy atom. The van der Waals surface area contributed by atoms with Gasteiger partial charge in [0, 0.05) is 10.9 Å². The fraction of sp³-hybridized carbons (Fsp3) is 0.0556. The Hall–Kier alpha value is -3.19. The first-order chi connectivity index (χ1) is 12.3. The van der Waals surface area contributed by atoms with Crippen LogP contribution in [-0.4, -0.2) is 19.6 Å². The Balaban J connectivity index is 1.51. The van der Waals surface area contributed by atoms with Crippen molar-refractivity contribution in [2.45, 2.75) is 6.92 Å². The van der Waals surface area contributed by atoms with Crippen LogP contribution in [0.2, 0.25) is 0 Å². The molecule has 5 aromatic rings. The highest BCUT2D eigenvalue weighted by atomic mass is 32.1. The molecule has 5 rings (SSSR count). The summed E-state index contributed by atoms with van der Waals surface area (Å²) in [7, 11) is 0. The molecule has 6 nitrogen and oxygen atoms in total. The lowest BCUT2D eigenvalue weighted by molar-refractivity contribution is 0.621. The number of nitrogens with one attached hydrogen (secondary N) is 1. The van der Waals surface area contributed by atoms with E-state index in [1.807, 2.05) is 28.8 Å². The summed E-state index contributed by atoms with van der Waals surface area (Å²) in [6, 6.07) is 16.4. The molecule has 0 radical (unpaired) electrons. The van der Waals surface area contributed by atoms with Crippen LogP contribution < -0.4 is 5.32 Å². The van der Waals surface area contributed by atoms with Gasteiger partial charge in [-0.15, -0.1) is 16.4 Å². The van der Waals surface area contributed by atoms with Gasteiger partial charge in [0.2, 0.25) is 4.96 Å². The SMILES string of the molecule is Cc1ccc(-c2csc3nc(Nc4nc5ccccc5o4)nn23)cc1. The Bertz CT molecular complexity index is 1150. The van der Waals surface area contributed by atoms with Crippen LogP contribution in [0.3, 0.4) is 0 Å². The van der Waals surface area contributed by atoms with Gasteiger partial charge in [-0.2, -0.15) is 9.97 Å². The van der Waals surface area contributed by atoms with E-state index in [1.165, 1.54) is 5.56 Å². The second-order valence-corrected chi connectivity index (χ2v) is 6.57. The van der Waals surface area contributed by atoms with E-state index >= 15 is 0 Å². The van der Waals surface area contributed by atoms with E-state index in [2.05, 4.69) is 57.0 Å². The van der Waals surface area contributed by atoms with Gasteiger partial charge in [-0.3, -0.25) is 5.32 Å². The zero-order valence-electron chi connectivity index (χ0n) is 13.3. The van der Waals surface area contributed by atoms with Gasteiger partial charge in [0.05, 0.1) is 5.69 Å². The molecule has 3 aromatic heterocycles. The molecule has 0 fully saturated rings. The molecular weight excluding hydrogens is 334 g/mol. The molecule has 1 N–H and O–H groups in total. The summed E-state index contributed by atoms with van der Waals surface area (Å²) in [5.41, 5.74) is 4.87. The third-order valence-corrected chi connectivity index (χ3v) is 4.76. The maximum absolute atomic E-state index is 5.66. The van der Waals surface area contributed by atoms with Gasteiger partial charge < -0.3 is 4.42 Å². The first-order valence-corrected chi connectivity index (χ1v) is 8.68. The van der Waals surface area contributed by atoms with E-state index in [4.69, 9.17) is 4.42 Å². The first kappa shape index (κ1) is 14.2. The number of anilines is 2. The lowest BCUT2D eigenvalue weighted by Crippen LogP contribution is -1.94. The summed E-state index contributed by atoms with van der Waals surface area (Å²) in [5.74, 6) is 0.465. The van der Waals surface area contributed by atoms with E-state index < -0.39 is 0 Å². The fourth-order valence-corrected chi connectivity index (χ4v) is 3.51. The Kier molecular flexibility index (Phi) is 3.07. The molecule has 2 aromatic carbocycles. The molecule has 0 atom stereocenters. The topological polar surface area (TPSA) is 68.2 Å². The van der Waals surface area contributed by atoms with Crippen LogP contribution in [0.4, 0.5) is 12.0 Å². The van der Waals surface area contributed by atoms with Crippen LogP contribution in [-0.2, 0) is 0 Å². The maximum atomic E-state index is 5.66. The summed E-state index contributed by atoms with van der Waals surface area (Å²) in [5, 5.41) is 9.64. The van der Waals surface area contributed by atoms with Gasteiger partial charge in [0.25, 0.3) is 5.95 Å². The normalized spacial score (nSPS) is 11.4. The van der Waals surface area contributed by atoms with Gasteiger partial charge >= 0.3 is 6.01 Å². The van der Waals surface area contributed by atoms with Gasteiger partial charge in [-0.05, 0) is 19.1 Å². The number of hydrogen-bond acceptors (Lipinski definition) is 6. The quantitative estimate of drug-likeness (QED) is 0.514. The predicted octanol–water partition coefficient (Wildman–Crippen LogP) is 4.65. The van der Waals surface area contributed by atoms with Crippen molar-refractivity contribution < 1.29 is 4.42 Å². The van der Waals surface area contributed by atoms with Crippen molar-refractivity contribution in [2.75, 3.05) is 5.32 Å². The van der Waals surface area contributed by atoms with Gasteiger partial charge in [0.1, 0.15) is 5.52 Å².